The van der Waals surface area contributed by atoms with E-state index in [1.165, 1.54) is 0 Å². The average Bonchev–Trinajstić information content (AvgIpc) is 2.53. The van der Waals surface area contributed by atoms with E-state index in [0.29, 0.717) is 31.8 Å². The van der Waals surface area contributed by atoms with Crippen molar-refractivity contribution in [3.63, 3.8) is 0 Å². The maximum atomic E-state index is 12.2. The second kappa shape index (κ2) is 8.28. The summed E-state index contributed by atoms with van der Waals surface area (Å²) in [4.78, 5) is 25.0. The van der Waals surface area contributed by atoms with Gasteiger partial charge in [0.1, 0.15) is 0 Å². The number of carbonyl (C=O) groups is 2. The lowest BCUT2D eigenvalue weighted by molar-refractivity contribution is -0.145. The fourth-order valence-corrected chi connectivity index (χ4v) is 3.64. The van der Waals surface area contributed by atoms with Crippen LogP contribution in [0, 0.1) is 11.8 Å². The van der Waals surface area contributed by atoms with Crippen LogP contribution in [0.5, 0.6) is 0 Å². The van der Waals surface area contributed by atoms with Gasteiger partial charge in [-0.2, -0.15) is 0 Å². The van der Waals surface area contributed by atoms with E-state index < -0.39 is 16.8 Å². The summed E-state index contributed by atoms with van der Waals surface area (Å²) < 4.78 is 11.2. The molecular formula is C17H24N2O4S. The van der Waals surface area contributed by atoms with Crippen LogP contribution in [-0.4, -0.2) is 45.6 Å². The molecule has 0 aromatic heterocycles. The molecule has 7 heteroatoms. The predicted octanol–water partition coefficient (Wildman–Crippen LogP) is 1.82. The standard InChI is InChI=1S/C17H24N2O4S/c1-12-10-19(8-7-15(12)16(20)21)17(22)18-9-13-3-5-14(6-4-13)11-24(2)23/h3-6,12,15H,7-11H2,1-2H3,(H,18,22)(H,20,21). The topological polar surface area (TPSA) is 86.7 Å². The van der Waals surface area contributed by atoms with Crippen molar-refractivity contribution >= 4 is 22.8 Å². The van der Waals surface area contributed by atoms with E-state index in [1.807, 2.05) is 31.2 Å². The zero-order chi connectivity index (χ0) is 17.7. The summed E-state index contributed by atoms with van der Waals surface area (Å²) in [7, 11) is -0.866. The Balaban J connectivity index is 1.83. The van der Waals surface area contributed by atoms with Crippen LogP contribution in [0.4, 0.5) is 4.79 Å². The first-order valence-electron chi connectivity index (χ1n) is 8.00. The molecule has 1 aliphatic rings. The molecule has 1 heterocycles. The first-order chi connectivity index (χ1) is 11.4. The number of benzene rings is 1. The highest BCUT2D eigenvalue weighted by Crippen LogP contribution is 2.23. The molecule has 2 amide bonds. The molecule has 0 radical (unpaired) electrons. The third-order valence-electron chi connectivity index (χ3n) is 4.35. The number of urea groups is 1. The Hall–Kier alpha value is -1.89. The van der Waals surface area contributed by atoms with Crippen molar-refractivity contribution in [2.75, 3.05) is 19.3 Å². The molecular weight excluding hydrogens is 328 g/mol. The molecule has 3 unspecified atom stereocenters. The molecule has 1 aliphatic heterocycles. The fraction of sp³-hybridized carbons (Fsp3) is 0.529. The number of hydrogen-bond donors (Lipinski definition) is 2. The number of carboxylic acids is 1. The largest absolute Gasteiger partial charge is 0.481 e. The highest BCUT2D eigenvalue weighted by Gasteiger charge is 2.32. The third-order valence-corrected chi connectivity index (χ3v) is 5.09. The maximum Gasteiger partial charge on any atom is 0.317 e. The lowest BCUT2D eigenvalue weighted by atomic mass is 9.87. The summed E-state index contributed by atoms with van der Waals surface area (Å²) in [5.74, 6) is -0.666. The maximum absolute atomic E-state index is 12.2. The monoisotopic (exact) mass is 352 g/mol. The van der Waals surface area contributed by atoms with Gasteiger partial charge in [0.15, 0.2) is 0 Å². The molecule has 6 nitrogen and oxygen atoms in total. The summed E-state index contributed by atoms with van der Waals surface area (Å²) in [5.41, 5.74) is 1.98. The number of likely N-dealkylation sites (tertiary alicyclic amines) is 1. The number of carbonyl (C=O) groups excluding carboxylic acids is 1. The smallest absolute Gasteiger partial charge is 0.317 e. The molecule has 1 aromatic rings. The number of carboxylic acid groups (broad SMARTS) is 1. The van der Waals surface area contributed by atoms with Gasteiger partial charge in [-0.25, -0.2) is 4.79 Å². The van der Waals surface area contributed by atoms with E-state index >= 15 is 0 Å². The van der Waals surface area contributed by atoms with Gasteiger partial charge in [0.25, 0.3) is 0 Å². The number of nitrogens with zero attached hydrogens (tertiary/aromatic N) is 1. The highest BCUT2D eigenvalue weighted by molar-refractivity contribution is 7.83. The zero-order valence-electron chi connectivity index (χ0n) is 14.0. The Morgan fingerprint density at radius 2 is 1.92 bits per heavy atom. The van der Waals surface area contributed by atoms with Crippen LogP contribution >= 0.6 is 0 Å². The van der Waals surface area contributed by atoms with Crippen molar-refractivity contribution in [1.29, 1.82) is 0 Å². The summed E-state index contributed by atoms with van der Waals surface area (Å²) in [6.45, 7) is 3.22. The van der Waals surface area contributed by atoms with Crippen molar-refractivity contribution in [3.05, 3.63) is 35.4 Å². The molecule has 2 rings (SSSR count). The molecule has 1 fully saturated rings. The summed E-state index contributed by atoms with van der Waals surface area (Å²) in [6, 6.07) is 7.51. The normalized spacial score (nSPS) is 22.0. The van der Waals surface area contributed by atoms with Crippen LogP contribution in [0.25, 0.3) is 0 Å². The second-order valence-electron chi connectivity index (χ2n) is 6.35. The summed E-state index contributed by atoms with van der Waals surface area (Å²) >= 11 is 0. The number of aliphatic carboxylic acids is 1. The molecule has 0 spiro atoms. The molecule has 0 aliphatic carbocycles. The average molecular weight is 352 g/mol. The van der Waals surface area contributed by atoms with Crippen molar-refractivity contribution in [1.82, 2.24) is 10.2 Å². The number of rotatable bonds is 5. The quantitative estimate of drug-likeness (QED) is 0.846. The number of amides is 2. The first kappa shape index (κ1) is 18.4. The Bertz CT molecular complexity index is 618. The van der Waals surface area contributed by atoms with Gasteiger partial charge in [0, 0.05) is 42.4 Å². The summed E-state index contributed by atoms with van der Waals surface area (Å²) in [5, 5.41) is 12.0. The molecule has 0 bridgehead atoms. The van der Waals surface area contributed by atoms with Crippen molar-refractivity contribution in [2.24, 2.45) is 11.8 Å². The van der Waals surface area contributed by atoms with Crippen molar-refractivity contribution in [3.8, 4) is 0 Å². The van der Waals surface area contributed by atoms with Gasteiger partial charge < -0.3 is 15.3 Å². The molecule has 3 atom stereocenters. The van der Waals surface area contributed by atoms with Crippen molar-refractivity contribution in [2.45, 2.75) is 25.6 Å². The van der Waals surface area contributed by atoms with Crippen LogP contribution in [0.15, 0.2) is 24.3 Å². The van der Waals surface area contributed by atoms with Crippen LogP contribution < -0.4 is 5.32 Å². The van der Waals surface area contributed by atoms with E-state index in [2.05, 4.69) is 5.32 Å². The molecule has 132 valence electrons. The predicted molar refractivity (Wildman–Crippen MR) is 92.9 cm³/mol. The number of nitrogens with one attached hydrogen (secondary N) is 1. The second-order valence-corrected chi connectivity index (χ2v) is 7.78. The minimum Gasteiger partial charge on any atom is -0.481 e. The van der Waals surface area contributed by atoms with E-state index in [0.717, 1.165) is 11.1 Å². The third kappa shape index (κ3) is 5.06. The molecule has 2 N–H and O–H groups in total. The van der Waals surface area contributed by atoms with Gasteiger partial charge in [-0.1, -0.05) is 31.2 Å². The number of hydrogen-bond acceptors (Lipinski definition) is 3. The van der Waals surface area contributed by atoms with Gasteiger partial charge >= 0.3 is 12.0 Å². The fourth-order valence-electron chi connectivity index (χ4n) is 2.97. The minimum absolute atomic E-state index is 0.0452. The number of piperidine rings is 1. The van der Waals surface area contributed by atoms with E-state index in [-0.39, 0.29) is 17.9 Å². The molecule has 24 heavy (non-hydrogen) atoms. The van der Waals surface area contributed by atoms with E-state index in [9.17, 15) is 13.8 Å². The molecule has 1 saturated heterocycles. The Kier molecular flexibility index (Phi) is 6.36. The van der Waals surface area contributed by atoms with Gasteiger partial charge in [0.05, 0.1) is 5.92 Å². The first-order valence-corrected chi connectivity index (χ1v) is 9.73. The van der Waals surface area contributed by atoms with Crippen molar-refractivity contribution < 1.29 is 18.9 Å². The van der Waals surface area contributed by atoms with Crippen LogP contribution in [0.3, 0.4) is 0 Å². The lowest BCUT2D eigenvalue weighted by Gasteiger charge is -2.34. The SMILES string of the molecule is CC1CN(C(=O)NCc2ccc(CS(C)=O)cc2)CCC1C(=O)O. The minimum atomic E-state index is -0.866. The Morgan fingerprint density at radius 3 is 2.46 bits per heavy atom. The van der Waals surface area contributed by atoms with Gasteiger partial charge in [0.2, 0.25) is 0 Å². The lowest BCUT2D eigenvalue weighted by Crippen LogP contribution is -2.48. The van der Waals surface area contributed by atoms with E-state index in [4.69, 9.17) is 5.11 Å². The van der Waals surface area contributed by atoms with Gasteiger partial charge in [-0.15, -0.1) is 0 Å². The van der Waals surface area contributed by atoms with Crippen LogP contribution in [0.2, 0.25) is 0 Å². The van der Waals surface area contributed by atoms with E-state index in [1.54, 1.807) is 11.2 Å². The molecule has 0 saturated carbocycles. The van der Waals surface area contributed by atoms with Gasteiger partial charge in [-0.3, -0.25) is 9.00 Å². The summed E-state index contributed by atoms with van der Waals surface area (Å²) in [6.07, 6.45) is 2.16. The van der Waals surface area contributed by atoms with Crippen LogP contribution in [-0.2, 0) is 27.9 Å². The molecule has 1 aromatic carbocycles. The van der Waals surface area contributed by atoms with Gasteiger partial charge in [-0.05, 0) is 23.5 Å². The van der Waals surface area contributed by atoms with Crippen LogP contribution in [0.1, 0.15) is 24.5 Å². The zero-order valence-corrected chi connectivity index (χ0v) is 14.8. The highest BCUT2D eigenvalue weighted by atomic mass is 32.2. The Morgan fingerprint density at radius 1 is 1.29 bits per heavy atom. The Labute approximate surface area is 144 Å².